The Morgan fingerprint density at radius 1 is 1.46 bits per heavy atom. The first-order valence-electron chi connectivity index (χ1n) is 4.37. The average molecular weight is 176 g/mol. The van der Waals surface area contributed by atoms with Gasteiger partial charge in [0.25, 0.3) is 0 Å². The number of fused-ring (bicyclic) bond motifs is 1. The lowest BCUT2D eigenvalue weighted by molar-refractivity contribution is 0.601. The highest BCUT2D eigenvalue weighted by Crippen LogP contribution is 2.14. The third-order valence-corrected chi connectivity index (χ3v) is 2.06. The summed E-state index contributed by atoms with van der Waals surface area (Å²) < 4.78 is 5.21. The van der Waals surface area contributed by atoms with Gasteiger partial charge in [0.2, 0.25) is 0 Å². The Morgan fingerprint density at radius 2 is 2.38 bits per heavy atom. The maximum Gasteiger partial charge on any atom is 0.181 e. The van der Waals surface area contributed by atoms with Crippen LogP contribution in [-0.4, -0.2) is 18.6 Å². The van der Waals surface area contributed by atoms with E-state index in [-0.39, 0.29) is 0 Å². The van der Waals surface area contributed by atoms with E-state index in [0.29, 0.717) is 0 Å². The van der Waals surface area contributed by atoms with Gasteiger partial charge in [-0.15, -0.1) is 0 Å². The molecule has 1 aromatic heterocycles. The van der Waals surface area contributed by atoms with Gasteiger partial charge in [0.15, 0.2) is 12.0 Å². The second-order valence-corrected chi connectivity index (χ2v) is 3.01. The van der Waals surface area contributed by atoms with Crippen molar-refractivity contribution in [2.75, 3.05) is 13.6 Å². The second kappa shape index (κ2) is 3.58. The molecule has 0 atom stereocenters. The zero-order valence-corrected chi connectivity index (χ0v) is 7.58. The number of hydrogen-bond donors (Lipinski definition) is 1. The highest BCUT2D eigenvalue weighted by atomic mass is 16.3. The van der Waals surface area contributed by atoms with Gasteiger partial charge in [-0.25, -0.2) is 4.98 Å². The molecule has 2 rings (SSSR count). The number of benzene rings is 1. The Labute approximate surface area is 76.8 Å². The Morgan fingerprint density at radius 3 is 3.23 bits per heavy atom. The van der Waals surface area contributed by atoms with Crippen molar-refractivity contribution in [1.82, 2.24) is 10.3 Å². The summed E-state index contributed by atoms with van der Waals surface area (Å²) in [5.74, 6) is 0. The molecule has 0 radical (unpaired) electrons. The molecular formula is C10H12N2O. The standard InChI is InChI=1S/C10H12N2O/c1-11-5-4-8-2-3-9-10(6-8)13-7-12-9/h2-3,6-7,11H,4-5H2,1H3. The van der Waals surface area contributed by atoms with Gasteiger partial charge >= 0.3 is 0 Å². The zero-order chi connectivity index (χ0) is 9.10. The number of nitrogens with zero attached hydrogens (tertiary/aromatic N) is 1. The van der Waals surface area contributed by atoms with Crippen molar-refractivity contribution in [3.05, 3.63) is 30.2 Å². The van der Waals surface area contributed by atoms with Crippen molar-refractivity contribution >= 4 is 11.1 Å². The van der Waals surface area contributed by atoms with Crippen LogP contribution in [0.3, 0.4) is 0 Å². The SMILES string of the molecule is CNCCc1ccc2ncoc2c1. The molecule has 0 bridgehead atoms. The summed E-state index contributed by atoms with van der Waals surface area (Å²) in [5, 5.41) is 3.11. The third kappa shape index (κ3) is 1.70. The fraction of sp³-hybridized carbons (Fsp3) is 0.300. The minimum Gasteiger partial charge on any atom is -0.443 e. The van der Waals surface area contributed by atoms with Gasteiger partial charge in [0, 0.05) is 0 Å². The van der Waals surface area contributed by atoms with E-state index in [1.54, 1.807) is 0 Å². The van der Waals surface area contributed by atoms with E-state index in [4.69, 9.17) is 4.42 Å². The molecule has 13 heavy (non-hydrogen) atoms. The van der Waals surface area contributed by atoms with Gasteiger partial charge in [-0.05, 0) is 37.7 Å². The maximum absolute atomic E-state index is 5.21. The molecule has 0 saturated carbocycles. The topological polar surface area (TPSA) is 38.1 Å². The third-order valence-electron chi connectivity index (χ3n) is 2.06. The van der Waals surface area contributed by atoms with Crippen LogP contribution in [0.25, 0.3) is 11.1 Å². The number of likely N-dealkylation sites (N-methyl/N-ethyl adjacent to an activating group) is 1. The lowest BCUT2D eigenvalue weighted by Gasteiger charge is -1.98. The van der Waals surface area contributed by atoms with Crippen LogP contribution in [0.5, 0.6) is 0 Å². The van der Waals surface area contributed by atoms with Crippen molar-refractivity contribution in [1.29, 1.82) is 0 Å². The van der Waals surface area contributed by atoms with Crippen molar-refractivity contribution < 1.29 is 4.42 Å². The van der Waals surface area contributed by atoms with E-state index < -0.39 is 0 Å². The molecule has 0 amide bonds. The largest absolute Gasteiger partial charge is 0.443 e. The van der Waals surface area contributed by atoms with Crippen LogP contribution in [0.15, 0.2) is 29.0 Å². The van der Waals surface area contributed by atoms with E-state index in [2.05, 4.69) is 16.4 Å². The smallest absolute Gasteiger partial charge is 0.181 e. The zero-order valence-electron chi connectivity index (χ0n) is 7.58. The van der Waals surface area contributed by atoms with Crippen LogP contribution in [-0.2, 0) is 6.42 Å². The molecule has 0 unspecified atom stereocenters. The van der Waals surface area contributed by atoms with Crippen LogP contribution in [0.1, 0.15) is 5.56 Å². The first kappa shape index (κ1) is 8.26. The number of aromatic nitrogens is 1. The molecule has 3 nitrogen and oxygen atoms in total. The van der Waals surface area contributed by atoms with Crippen molar-refractivity contribution in [2.45, 2.75) is 6.42 Å². The van der Waals surface area contributed by atoms with Crippen LogP contribution in [0.4, 0.5) is 0 Å². The molecule has 0 aliphatic rings. The average Bonchev–Trinajstić information content (AvgIpc) is 2.61. The van der Waals surface area contributed by atoms with Gasteiger partial charge in [-0.2, -0.15) is 0 Å². The predicted molar refractivity (Wildman–Crippen MR) is 51.6 cm³/mol. The normalized spacial score (nSPS) is 10.8. The fourth-order valence-electron chi connectivity index (χ4n) is 1.32. The number of oxazole rings is 1. The molecule has 1 heterocycles. The minimum absolute atomic E-state index is 0.869. The van der Waals surface area contributed by atoms with Gasteiger partial charge < -0.3 is 9.73 Å². The van der Waals surface area contributed by atoms with E-state index in [0.717, 1.165) is 24.1 Å². The molecule has 0 saturated heterocycles. The molecule has 2 aromatic rings. The minimum atomic E-state index is 0.869. The Balaban J connectivity index is 2.26. The first-order chi connectivity index (χ1) is 6.40. The maximum atomic E-state index is 5.21. The monoisotopic (exact) mass is 176 g/mol. The van der Waals surface area contributed by atoms with Crippen molar-refractivity contribution in [3.63, 3.8) is 0 Å². The van der Waals surface area contributed by atoms with Gasteiger partial charge in [-0.3, -0.25) is 0 Å². The summed E-state index contributed by atoms with van der Waals surface area (Å²) in [7, 11) is 1.95. The predicted octanol–water partition coefficient (Wildman–Crippen LogP) is 1.59. The van der Waals surface area contributed by atoms with Crippen molar-refractivity contribution in [3.8, 4) is 0 Å². The first-order valence-corrected chi connectivity index (χ1v) is 4.37. The molecule has 1 N–H and O–H groups in total. The molecular weight excluding hydrogens is 164 g/mol. The van der Waals surface area contributed by atoms with Crippen LogP contribution >= 0.6 is 0 Å². The van der Waals surface area contributed by atoms with E-state index in [1.165, 1.54) is 12.0 Å². The summed E-state index contributed by atoms with van der Waals surface area (Å²) >= 11 is 0. The second-order valence-electron chi connectivity index (χ2n) is 3.01. The Bertz CT molecular complexity index is 394. The molecule has 0 fully saturated rings. The fourth-order valence-corrected chi connectivity index (χ4v) is 1.32. The van der Waals surface area contributed by atoms with Gasteiger partial charge in [-0.1, -0.05) is 6.07 Å². The van der Waals surface area contributed by atoms with Gasteiger partial charge in [0.1, 0.15) is 5.52 Å². The lowest BCUT2D eigenvalue weighted by Crippen LogP contribution is -2.10. The van der Waals surface area contributed by atoms with E-state index in [1.807, 2.05) is 19.2 Å². The van der Waals surface area contributed by atoms with Gasteiger partial charge in [0.05, 0.1) is 0 Å². The molecule has 0 aliphatic heterocycles. The van der Waals surface area contributed by atoms with Crippen LogP contribution in [0.2, 0.25) is 0 Å². The lowest BCUT2D eigenvalue weighted by atomic mass is 10.1. The Kier molecular flexibility index (Phi) is 2.27. The van der Waals surface area contributed by atoms with Crippen molar-refractivity contribution in [2.24, 2.45) is 0 Å². The summed E-state index contributed by atoms with van der Waals surface area (Å²) in [6.45, 7) is 0.986. The number of nitrogens with one attached hydrogen (secondary N) is 1. The van der Waals surface area contributed by atoms with E-state index >= 15 is 0 Å². The number of rotatable bonds is 3. The quantitative estimate of drug-likeness (QED) is 0.771. The molecule has 3 heteroatoms. The summed E-state index contributed by atoms with van der Waals surface area (Å²) in [4.78, 5) is 4.06. The highest BCUT2D eigenvalue weighted by molar-refractivity contribution is 5.72. The highest BCUT2D eigenvalue weighted by Gasteiger charge is 1.99. The molecule has 0 aliphatic carbocycles. The molecule has 0 spiro atoms. The van der Waals surface area contributed by atoms with E-state index in [9.17, 15) is 0 Å². The van der Waals surface area contributed by atoms with Crippen LogP contribution in [0, 0.1) is 0 Å². The molecule has 1 aromatic carbocycles. The Hall–Kier alpha value is -1.35. The summed E-state index contributed by atoms with van der Waals surface area (Å²) in [6.07, 6.45) is 2.50. The molecule has 68 valence electrons. The summed E-state index contributed by atoms with van der Waals surface area (Å²) in [6, 6.07) is 6.12. The summed E-state index contributed by atoms with van der Waals surface area (Å²) in [5.41, 5.74) is 3.07. The van der Waals surface area contributed by atoms with Crippen LogP contribution < -0.4 is 5.32 Å². The number of hydrogen-bond acceptors (Lipinski definition) is 3.